The van der Waals surface area contributed by atoms with Crippen LogP contribution in [0.25, 0.3) is 0 Å². The summed E-state index contributed by atoms with van der Waals surface area (Å²) in [4.78, 5) is 43.5. The van der Waals surface area contributed by atoms with Crippen molar-refractivity contribution in [3.63, 3.8) is 0 Å². The smallest absolute Gasteiger partial charge is 0.360 e. The first-order valence-electron chi connectivity index (χ1n) is 6.60. The number of hydrogen-bond acceptors (Lipinski definition) is 9. The van der Waals surface area contributed by atoms with Crippen molar-refractivity contribution in [3.05, 3.63) is 11.1 Å². The molecule has 1 heterocycles. The van der Waals surface area contributed by atoms with Crippen molar-refractivity contribution in [1.29, 1.82) is 0 Å². The maximum absolute atomic E-state index is 12.0. The number of anilines is 1. The Morgan fingerprint density at radius 1 is 1.26 bits per heavy atom. The molecule has 0 spiro atoms. The molecule has 0 bridgehead atoms. The zero-order valence-corrected chi connectivity index (χ0v) is 14.3. The summed E-state index contributed by atoms with van der Waals surface area (Å²) in [5.41, 5.74) is 2.98. The van der Waals surface area contributed by atoms with Crippen LogP contribution in [0.3, 0.4) is 0 Å². The third-order valence-electron chi connectivity index (χ3n) is 2.52. The maximum atomic E-state index is 12.0. The zero-order valence-electron chi connectivity index (χ0n) is 13.5. The first-order valence-corrected chi connectivity index (χ1v) is 7.47. The van der Waals surface area contributed by atoms with Gasteiger partial charge in [0, 0.05) is 5.38 Å². The number of nitrogens with zero attached hydrogens (tertiary/aromatic N) is 2. The summed E-state index contributed by atoms with van der Waals surface area (Å²) < 4.78 is 4.75. The van der Waals surface area contributed by atoms with Gasteiger partial charge in [-0.05, 0) is 34.6 Å². The number of thiazole rings is 1. The van der Waals surface area contributed by atoms with Gasteiger partial charge in [0.25, 0.3) is 6.29 Å². The van der Waals surface area contributed by atoms with Crippen molar-refractivity contribution >= 4 is 40.4 Å². The van der Waals surface area contributed by atoms with Gasteiger partial charge < -0.3 is 15.3 Å². The van der Waals surface area contributed by atoms with Crippen molar-refractivity contribution in [2.75, 3.05) is 5.73 Å². The lowest BCUT2D eigenvalue weighted by molar-refractivity contribution is -0.180. The second-order valence-electron chi connectivity index (χ2n) is 6.14. The molecule has 1 aromatic heterocycles. The quantitative estimate of drug-likeness (QED) is 0.372. The Morgan fingerprint density at radius 3 is 2.30 bits per heavy atom. The summed E-state index contributed by atoms with van der Waals surface area (Å²) in [7, 11) is 0. The Bertz CT molecular complexity index is 643. The molecule has 0 aromatic carbocycles. The summed E-state index contributed by atoms with van der Waals surface area (Å²) in [6, 6.07) is 0. The van der Waals surface area contributed by atoms with E-state index >= 15 is 0 Å². The lowest BCUT2D eigenvalue weighted by atomic mass is 9.97. The van der Waals surface area contributed by atoms with E-state index in [-0.39, 0.29) is 16.5 Å². The summed E-state index contributed by atoms with van der Waals surface area (Å²) in [6.45, 7) is 7.54. The van der Waals surface area contributed by atoms with Crippen molar-refractivity contribution in [2.45, 2.75) is 40.2 Å². The van der Waals surface area contributed by atoms with Crippen LogP contribution in [-0.4, -0.2) is 34.5 Å². The van der Waals surface area contributed by atoms with E-state index in [9.17, 15) is 14.4 Å². The van der Waals surface area contributed by atoms with Crippen molar-refractivity contribution in [3.8, 4) is 0 Å². The van der Waals surface area contributed by atoms with E-state index in [1.165, 1.54) is 19.2 Å². The molecule has 125 valence electrons. The molecule has 2 N–H and O–H groups in total. The number of ether oxygens (including phenoxy) is 1. The van der Waals surface area contributed by atoms with Crippen LogP contribution in [0.2, 0.25) is 0 Å². The maximum Gasteiger partial charge on any atom is 0.360 e. The van der Waals surface area contributed by atoms with Crippen molar-refractivity contribution in [1.82, 2.24) is 4.98 Å². The number of hydrogen-bond donors (Lipinski definition) is 1. The Kier molecular flexibility index (Phi) is 5.60. The van der Waals surface area contributed by atoms with Crippen LogP contribution in [0.5, 0.6) is 0 Å². The van der Waals surface area contributed by atoms with Crippen LogP contribution in [0.1, 0.15) is 40.3 Å². The first-order chi connectivity index (χ1) is 10.5. The van der Waals surface area contributed by atoms with Crippen LogP contribution in [-0.2, 0) is 24.0 Å². The molecule has 0 saturated heterocycles. The van der Waals surface area contributed by atoms with Gasteiger partial charge in [-0.15, -0.1) is 11.3 Å². The lowest BCUT2D eigenvalue weighted by Crippen LogP contribution is -2.39. The van der Waals surface area contributed by atoms with E-state index in [1.807, 2.05) is 0 Å². The van der Waals surface area contributed by atoms with E-state index < -0.39 is 23.0 Å². The minimum Gasteiger partial charge on any atom is -0.390 e. The highest BCUT2D eigenvalue weighted by Crippen LogP contribution is 2.20. The number of carbonyl (C=O) groups excluding carboxylic acids is 3. The van der Waals surface area contributed by atoms with Crippen LogP contribution in [0.15, 0.2) is 10.5 Å². The van der Waals surface area contributed by atoms with Crippen molar-refractivity contribution < 1.29 is 24.0 Å². The molecule has 0 fully saturated rings. The minimum atomic E-state index is -1.58. The topological polar surface area (TPSA) is 121 Å². The molecule has 1 radical (unpaired) electrons. The lowest BCUT2D eigenvalue weighted by Gasteiger charge is -2.22. The molecule has 23 heavy (non-hydrogen) atoms. The van der Waals surface area contributed by atoms with E-state index in [0.717, 1.165) is 11.3 Å². The van der Waals surface area contributed by atoms with Gasteiger partial charge in [0.15, 0.2) is 10.8 Å². The van der Waals surface area contributed by atoms with E-state index in [2.05, 4.69) is 10.1 Å². The molecule has 0 saturated carbocycles. The number of esters is 2. The Hall–Kier alpha value is -2.29. The van der Waals surface area contributed by atoms with Gasteiger partial charge in [-0.2, -0.15) is 0 Å². The predicted molar refractivity (Wildman–Crippen MR) is 84.5 cm³/mol. The molecule has 1 rings (SSSR count). The fourth-order valence-electron chi connectivity index (χ4n) is 1.07. The standard InChI is InChI=1S/C14H18N3O5S/c1-13(2,3)10(19)21-11(20)14(4,5)22-17-8(6-18)9-7-23-12(15)16-9/h7H,1-5H3,(H2,15,16)/b17-8+. The third-order valence-corrected chi connectivity index (χ3v) is 3.19. The van der Waals surface area contributed by atoms with Crippen molar-refractivity contribution in [2.24, 2.45) is 10.6 Å². The molecule has 0 aliphatic rings. The van der Waals surface area contributed by atoms with Gasteiger partial charge in [-0.3, -0.25) is 9.59 Å². The molecule has 0 unspecified atom stereocenters. The third kappa shape index (κ3) is 5.13. The zero-order chi connectivity index (χ0) is 17.8. The first kappa shape index (κ1) is 18.8. The number of rotatable bonds is 5. The van der Waals surface area contributed by atoms with Gasteiger partial charge in [0.2, 0.25) is 5.60 Å². The molecule has 0 amide bonds. The normalized spacial score (nSPS) is 12.7. The van der Waals surface area contributed by atoms with Gasteiger partial charge in [0.1, 0.15) is 5.69 Å². The average molecular weight is 340 g/mol. The SMILES string of the molecule is CC(C)(C)C(=O)OC(=O)C(C)(C)O/N=C(\[C]=O)c1csc(N)n1. The second-order valence-corrected chi connectivity index (χ2v) is 7.03. The summed E-state index contributed by atoms with van der Waals surface area (Å²) in [5, 5.41) is 5.30. The van der Waals surface area contributed by atoms with Crippen LogP contribution >= 0.6 is 11.3 Å². The number of nitrogens with two attached hydrogens (primary N) is 1. The average Bonchev–Trinajstić information content (AvgIpc) is 2.84. The largest absolute Gasteiger partial charge is 0.390 e. The highest BCUT2D eigenvalue weighted by Gasteiger charge is 2.37. The number of carbonyl (C=O) groups is 2. The fraction of sp³-hybridized carbons (Fsp3) is 0.500. The highest BCUT2D eigenvalue weighted by atomic mass is 32.1. The highest BCUT2D eigenvalue weighted by molar-refractivity contribution is 7.13. The molecule has 1 aromatic rings. The van der Waals surface area contributed by atoms with Gasteiger partial charge in [-0.25, -0.2) is 9.78 Å². The van der Waals surface area contributed by atoms with Gasteiger partial charge >= 0.3 is 11.9 Å². The second kappa shape index (κ2) is 6.86. The molecular weight excluding hydrogens is 322 g/mol. The number of aromatic nitrogens is 1. The number of nitrogen functional groups attached to an aromatic ring is 1. The fourth-order valence-corrected chi connectivity index (χ4v) is 1.62. The molecule has 9 heteroatoms. The molecular formula is C14H18N3O5S. The summed E-state index contributed by atoms with van der Waals surface area (Å²) in [6.07, 6.45) is 1.55. The van der Waals surface area contributed by atoms with Crippen LogP contribution in [0, 0.1) is 5.41 Å². The predicted octanol–water partition coefficient (Wildman–Crippen LogP) is 1.45. The van der Waals surface area contributed by atoms with Gasteiger partial charge in [-0.1, -0.05) is 5.16 Å². The van der Waals surface area contributed by atoms with Gasteiger partial charge in [0.05, 0.1) is 5.41 Å². The molecule has 0 aliphatic carbocycles. The summed E-state index contributed by atoms with van der Waals surface area (Å²) in [5.74, 6) is -1.62. The van der Waals surface area contributed by atoms with Crippen LogP contribution < -0.4 is 5.73 Å². The number of oxime groups is 1. The van der Waals surface area contributed by atoms with E-state index in [4.69, 9.17) is 15.3 Å². The summed E-state index contributed by atoms with van der Waals surface area (Å²) >= 11 is 1.11. The minimum absolute atomic E-state index is 0.178. The van der Waals surface area contributed by atoms with Crippen LogP contribution in [0.4, 0.5) is 5.13 Å². The van der Waals surface area contributed by atoms with E-state index in [1.54, 1.807) is 27.1 Å². The Balaban J connectivity index is 2.84. The Labute approximate surface area is 137 Å². The van der Waals surface area contributed by atoms with E-state index in [0.29, 0.717) is 0 Å². The molecule has 0 atom stereocenters. The molecule has 0 aliphatic heterocycles. The Morgan fingerprint density at radius 2 is 1.87 bits per heavy atom. The molecule has 8 nitrogen and oxygen atoms in total. The monoisotopic (exact) mass is 340 g/mol.